The van der Waals surface area contributed by atoms with Gasteiger partial charge in [0.15, 0.2) is 0 Å². The van der Waals surface area contributed by atoms with Crippen LogP contribution in [0.1, 0.15) is 12.8 Å². The van der Waals surface area contributed by atoms with E-state index in [0.29, 0.717) is 13.1 Å². The number of likely N-dealkylation sites (tertiary alicyclic amines) is 1. The first-order chi connectivity index (χ1) is 9.54. The molecule has 2 aliphatic heterocycles. The Kier molecular flexibility index (Phi) is 4.82. The molecule has 0 aromatic rings. The summed E-state index contributed by atoms with van der Waals surface area (Å²) in [7, 11) is 3.33. The van der Waals surface area contributed by atoms with Crippen LogP contribution in [0.25, 0.3) is 0 Å². The van der Waals surface area contributed by atoms with E-state index in [2.05, 4.69) is 0 Å². The fraction of sp³-hybridized carbons (Fsp3) is 0.846. The Morgan fingerprint density at radius 3 is 2.50 bits per heavy atom. The zero-order chi connectivity index (χ0) is 14.7. The molecule has 2 atom stereocenters. The first-order valence-electron chi connectivity index (χ1n) is 6.89. The Labute approximate surface area is 118 Å². The lowest BCUT2D eigenvalue weighted by Crippen LogP contribution is -2.52. The molecule has 0 saturated carbocycles. The van der Waals surface area contributed by atoms with Crippen molar-refractivity contribution in [3.63, 3.8) is 0 Å². The second-order valence-corrected chi connectivity index (χ2v) is 5.37. The molecule has 2 rings (SSSR count). The average Bonchev–Trinajstić information content (AvgIpc) is 2.95. The number of hydrogen-bond acceptors (Lipinski definition) is 4. The van der Waals surface area contributed by atoms with Gasteiger partial charge in [0, 0.05) is 27.2 Å². The van der Waals surface area contributed by atoms with Gasteiger partial charge in [-0.3, -0.25) is 4.79 Å². The van der Waals surface area contributed by atoms with Crippen LogP contribution < -0.4 is 0 Å². The van der Waals surface area contributed by atoms with Crippen molar-refractivity contribution in [2.75, 3.05) is 40.5 Å². The molecule has 2 fully saturated rings. The Hall–Kier alpha value is -1.34. The number of likely N-dealkylation sites (N-methyl/N-ethyl adjacent to an activating group) is 1. The molecule has 2 amide bonds. The highest BCUT2D eigenvalue weighted by Crippen LogP contribution is 2.21. The third-order valence-electron chi connectivity index (χ3n) is 4.21. The third-order valence-corrected chi connectivity index (χ3v) is 4.21. The summed E-state index contributed by atoms with van der Waals surface area (Å²) in [6.07, 6.45) is 1.85. The fourth-order valence-electron chi connectivity index (χ4n) is 2.81. The zero-order valence-electron chi connectivity index (χ0n) is 11.9. The van der Waals surface area contributed by atoms with Gasteiger partial charge in [0.2, 0.25) is 0 Å². The molecule has 0 aromatic carbocycles. The molecule has 0 bridgehead atoms. The maximum atomic E-state index is 12.4. The molecule has 2 heterocycles. The van der Waals surface area contributed by atoms with E-state index < -0.39 is 11.9 Å². The van der Waals surface area contributed by atoms with Crippen LogP contribution in [0.5, 0.6) is 0 Å². The molecule has 0 spiro atoms. The number of carboxylic acids is 1. The largest absolute Gasteiger partial charge is 0.481 e. The van der Waals surface area contributed by atoms with Gasteiger partial charge in [-0.2, -0.15) is 0 Å². The monoisotopic (exact) mass is 286 g/mol. The summed E-state index contributed by atoms with van der Waals surface area (Å²) in [5, 5.41) is 9.14. The van der Waals surface area contributed by atoms with Crippen molar-refractivity contribution in [2.45, 2.75) is 25.0 Å². The van der Waals surface area contributed by atoms with Crippen molar-refractivity contribution in [3.8, 4) is 0 Å². The average molecular weight is 286 g/mol. The predicted octanol–water partition coefficient (Wildman–Crippen LogP) is 0.249. The van der Waals surface area contributed by atoms with Crippen LogP contribution in [0.3, 0.4) is 0 Å². The van der Waals surface area contributed by atoms with Crippen molar-refractivity contribution in [2.24, 2.45) is 5.92 Å². The van der Waals surface area contributed by atoms with Crippen molar-refractivity contribution < 1.29 is 24.2 Å². The van der Waals surface area contributed by atoms with Gasteiger partial charge >= 0.3 is 12.0 Å². The standard InChI is InChI=1S/C13H22N2O5/c1-14(11-8-20-7-10(11)12(16)17)13(18)15-5-3-9(19-2)4-6-15/h9-11H,3-8H2,1-2H3,(H,16,17). The highest BCUT2D eigenvalue weighted by atomic mass is 16.5. The number of carbonyl (C=O) groups excluding carboxylic acids is 1. The van der Waals surface area contributed by atoms with Gasteiger partial charge in [-0.15, -0.1) is 0 Å². The van der Waals surface area contributed by atoms with Gasteiger partial charge in [-0.25, -0.2) is 4.79 Å². The van der Waals surface area contributed by atoms with E-state index in [1.807, 2.05) is 0 Å². The number of ether oxygens (including phenoxy) is 2. The minimum absolute atomic E-state index is 0.124. The summed E-state index contributed by atoms with van der Waals surface area (Å²) in [4.78, 5) is 26.8. The van der Waals surface area contributed by atoms with Gasteiger partial charge in [0.25, 0.3) is 0 Å². The molecule has 0 aromatic heterocycles. The lowest BCUT2D eigenvalue weighted by atomic mass is 10.0. The van der Waals surface area contributed by atoms with Gasteiger partial charge in [0.05, 0.1) is 25.4 Å². The summed E-state index contributed by atoms with van der Waals surface area (Å²) in [6, 6.07) is -0.513. The van der Waals surface area contributed by atoms with E-state index >= 15 is 0 Å². The molecule has 0 radical (unpaired) electrons. The van der Waals surface area contributed by atoms with Crippen LogP contribution in [0.2, 0.25) is 0 Å². The number of carboxylic acid groups (broad SMARTS) is 1. The van der Waals surface area contributed by atoms with Crippen LogP contribution in [-0.4, -0.2) is 79.5 Å². The first-order valence-corrected chi connectivity index (χ1v) is 6.89. The smallest absolute Gasteiger partial charge is 0.320 e. The van der Waals surface area contributed by atoms with Crippen LogP contribution in [-0.2, 0) is 14.3 Å². The Morgan fingerprint density at radius 1 is 1.30 bits per heavy atom. The number of methoxy groups -OCH3 is 1. The minimum atomic E-state index is -0.912. The van der Waals surface area contributed by atoms with Crippen LogP contribution >= 0.6 is 0 Å². The van der Waals surface area contributed by atoms with Crippen molar-refractivity contribution in [1.82, 2.24) is 9.80 Å². The summed E-state index contributed by atoms with van der Waals surface area (Å²) in [6.45, 7) is 1.75. The summed E-state index contributed by atoms with van der Waals surface area (Å²) < 4.78 is 10.5. The number of carbonyl (C=O) groups is 2. The molecule has 1 N–H and O–H groups in total. The normalized spacial score (nSPS) is 27.6. The Bertz CT molecular complexity index is 368. The number of aliphatic carboxylic acids is 1. The molecule has 114 valence electrons. The summed E-state index contributed by atoms with van der Waals surface area (Å²) in [5.41, 5.74) is 0. The molecule has 2 unspecified atom stereocenters. The summed E-state index contributed by atoms with van der Waals surface area (Å²) in [5.74, 6) is -1.55. The highest BCUT2D eigenvalue weighted by molar-refractivity contribution is 5.77. The number of amides is 2. The number of hydrogen-bond donors (Lipinski definition) is 1. The molecule has 2 aliphatic rings. The van der Waals surface area contributed by atoms with Crippen molar-refractivity contribution in [3.05, 3.63) is 0 Å². The number of urea groups is 1. The maximum absolute atomic E-state index is 12.4. The van der Waals surface area contributed by atoms with Gasteiger partial charge in [0.1, 0.15) is 5.92 Å². The fourth-order valence-corrected chi connectivity index (χ4v) is 2.81. The van der Waals surface area contributed by atoms with Gasteiger partial charge < -0.3 is 24.4 Å². The van der Waals surface area contributed by atoms with Gasteiger partial charge in [-0.1, -0.05) is 0 Å². The van der Waals surface area contributed by atoms with Crippen LogP contribution in [0, 0.1) is 5.92 Å². The predicted molar refractivity (Wildman–Crippen MR) is 70.5 cm³/mol. The molecule has 2 saturated heterocycles. The lowest BCUT2D eigenvalue weighted by molar-refractivity contribution is -0.142. The van der Waals surface area contributed by atoms with Gasteiger partial charge in [-0.05, 0) is 12.8 Å². The zero-order valence-corrected chi connectivity index (χ0v) is 11.9. The lowest BCUT2D eigenvalue weighted by Gasteiger charge is -2.36. The van der Waals surface area contributed by atoms with E-state index in [1.54, 1.807) is 19.1 Å². The second-order valence-electron chi connectivity index (χ2n) is 5.37. The van der Waals surface area contributed by atoms with Crippen LogP contribution in [0.15, 0.2) is 0 Å². The highest BCUT2D eigenvalue weighted by Gasteiger charge is 2.40. The first kappa shape index (κ1) is 15.1. The Morgan fingerprint density at radius 2 is 1.95 bits per heavy atom. The number of piperidine rings is 1. The van der Waals surface area contributed by atoms with E-state index in [4.69, 9.17) is 14.6 Å². The molecule has 7 heteroatoms. The van der Waals surface area contributed by atoms with E-state index in [-0.39, 0.29) is 31.4 Å². The summed E-state index contributed by atoms with van der Waals surface area (Å²) >= 11 is 0. The van der Waals surface area contributed by atoms with E-state index in [0.717, 1.165) is 12.8 Å². The molecule has 7 nitrogen and oxygen atoms in total. The quantitative estimate of drug-likeness (QED) is 0.804. The molecule has 0 aliphatic carbocycles. The number of rotatable bonds is 3. The maximum Gasteiger partial charge on any atom is 0.320 e. The molecule has 20 heavy (non-hydrogen) atoms. The molecular formula is C13H22N2O5. The van der Waals surface area contributed by atoms with Crippen molar-refractivity contribution in [1.29, 1.82) is 0 Å². The van der Waals surface area contributed by atoms with E-state index in [9.17, 15) is 9.59 Å². The Balaban J connectivity index is 1.93. The second kappa shape index (κ2) is 6.41. The molecular weight excluding hydrogens is 264 g/mol. The SMILES string of the molecule is COC1CCN(C(=O)N(C)C2COCC2C(=O)O)CC1. The minimum Gasteiger partial charge on any atom is -0.481 e. The van der Waals surface area contributed by atoms with E-state index in [1.165, 1.54) is 4.90 Å². The topological polar surface area (TPSA) is 79.3 Å². The third kappa shape index (κ3) is 3.04. The van der Waals surface area contributed by atoms with Crippen LogP contribution in [0.4, 0.5) is 4.79 Å². The van der Waals surface area contributed by atoms with Crippen molar-refractivity contribution >= 4 is 12.0 Å². The number of nitrogens with zero attached hydrogens (tertiary/aromatic N) is 2.